The number of fused-ring (bicyclic) bond motifs is 20. The molecular formula is C77H51N4OPt-3. The summed E-state index contributed by atoms with van der Waals surface area (Å²) < 4.78 is 11.4. The molecule has 0 atom stereocenters. The zero-order valence-corrected chi connectivity index (χ0v) is 48.0. The molecule has 83 heavy (non-hydrogen) atoms. The Hall–Kier alpha value is -9.67. The van der Waals surface area contributed by atoms with Gasteiger partial charge in [0, 0.05) is 50.0 Å². The first kappa shape index (κ1) is 49.2. The average Bonchev–Trinajstić information content (AvgIpc) is 2.58. The summed E-state index contributed by atoms with van der Waals surface area (Å²) in [5, 5.41) is 9.22. The summed E-state index contributed by atoms with van der Waals surface area (Å²) in [6.07, 6.45) is 1.91. The summed E-state index contributed by atoms with van der Waals surface area (Å²) in [6.45, 7) is 8.93. The second kappa shape index (κ2) is 18.4. The third-order valence-corrected chi connectivity index (χ3v) is 17.7. The van der Waals surface area contributed by atoms with E-state index in [1.54, 1.807) is 0 Å². The first-order valence-corrected chi connectivity index (χ1v) is 28.3. The molecule has 4 heterocycles. The molecule has 398 valence electrons. The van der Waals surface area contributed by atoms with E-state index in [1.807, 2.05) is 18.3 Å². The Morgan fingerprint density at radius 1 is 0.458 bits per heavy atom. The maximum Gasteiger partial charge on any atom is 0.135 e. The number of benzene rings is 11. The fourth-order valence-corrected chi connectivity index (χ4v) is 14.2. The molecule has 14 aromatic rings. The predicted molar refractivity (Wildman–Crippen MR) is 337 cm³/mol. The summed E-state index contributed by atoms with van der Waals surface area (Å²) >= 11 is 0. The maximum absolute atomic E-state index is 6.79. The van der Waals surface area contributed by atoms with Gasteiger partial charge in [-0.15, -0.1) is 35.7 Å². The fourth-order valence-electron chi connectivity index (χ4n) is 14.2. The van der Waals surface area contributed by atoms with Crippen LogP contribution < -0.4 is 9.64 Å². The Labute approximate surface area is 495 Å². The summed E-state index contributed by atoms with van der Waals surface area (Å²) in [5.74, 6) is 2.03. The van der Waals surface area contributed by atoms with Gasteiger partial charge in [-0.2, -0.15) is 12.1 Å². The number of anilines is 2. The number of para-hydroxylation sites is 3. The molecular weight excluding hydrogens is 1190 g/mol. The van der Waals surface area contributed by atoms with E-state index in [0.717, 1.165) is 66.2 Å². The molecule has 0 fully saturated rings. The summed E-state index contributed by atoms with van der Waals surface area (Å²) in [5.41, 5.74) is 19.6. The minimum atomic E-state index is -0.462. The molecule has 11 aromatic carbocycles. The van der Waals surface area contributed by atoms with Crippen molar-refractivity contribution in [3.05, 3.63) is 295 Å². The van der Waals surface area contributed by atoms with E-state index in [2.05, 4.69) is 284 Å². The van der Waals surface area contributed by atoms with Gasteiger partial charge in [0.05, 0.1) is 5.41 Å². The number of ether oxygens (including phenoxy) is 1. The molecule has 0 unspecified atom stereocenters. The monoisotopic (exact) mass is 1240 g/mol. The molecule has 3 aliphatic rings. The summed E-state index contributed by atoms with van der Waals surface area (Å²) in [7, 11) is 0. The van der Waals surface area contributed by atoms with Crippen LogP contribution in [0.4, 0.5) is 11.4 Å². The van der Waals surface area contributed by atoms with Gasteiger partial charge >= 0.3 is 0 Å². The molecule has 0 bridgehead atoms. The Kier molecular flexibility index (Phi) is 10.9. The van der Waals surface area contributed by atoms with E-state index in [9.17, 15) is 0 Å². The van der Waals surface area contributed by atoms with Crippen molar-refractivity contribution in [2.24, 2.45) is 0 Å². The van der Waals surface area contributed by atoms with E-state index in [4.69, 9.17) is 9.72 Å². The third kappa shape index (κ3) is 7.11. The molecule has 17 rings (SSSR count). The van der Waals surface area contributed by atoms with Crippen molar-refractivity contribution >= 4 is 76.5 Å². The number of pyridine rings is 1. The Morgan fingerprint density at radius 2 is 1.02 bits per heavy atom. The minimum absolute atomic E-state index is 0. The van der Waals surface area contributed by atoms with Crippen LogP contribution in [0.5, 0.6) is 11.5 Å². The topological polar surface area (TPSA) is 35.2 Å². The molecule has 5 nitrogen and oxygen atoms in total. The standard InChI is InChI=1S/C77H51N4O.Pt/c1-76(2,3)49-41-42-78-73(44-49)81-70-35-15-10-26-60(70)61-40-38-52(46-72(61)81)82-51-20-16-19-50(45-51)79-47-80-69-34-14-9-25-59(69)54-21-4-5-27-62(54)74-53(28-17-29-63(74)64-30-18-36-71(79)75(64)80)48-37-39-58-57-24-8-13-33-67(57)77(68(58)43-48)65-31-11-6-22-55(65)56-23-7-12-32-66(56)77;/h4-44,47H,1-3H3;/q-3;. The Balaban J connectivity index is 0.00000565. The summed E-state index contributed by atoms with van der Waals surface area (Å²) in [4.78, 5) is 7.16. The van der Waals surface area contributed by atoms with Crippen LogP contribution in [0.3, 0.4) is 0 Å². The van der Waals surface area contributed by atoms with Crippen molar-refractivity contribution < 1.29 is 25.8 Å². The first-order valence-electron chi connectivity index (χ1n) is 28.3. The van der Waals surface area contributed by atoms with Crippen molar-refractivity contribution in [2.45, 2.75) is 31.6 Å². The number of hydrogen-bond acceptors (Lipinski definition) is 3. The molecule has 6 heteroatoms. The van der Waals surface area contributed by atoms with Crippen LogP contribution >= 0.6 is 0 Å². The normalized spacial score (nSPS) is 13.3. The molecule has 3 aromatic heterocycles. The fraction of sp³-hybridized carbons (Fsp3) is 0.0649. The Morgan fingerprint density at radius 3 is 1.76 bits per heavy atom. The largest absolute Gasteiger partial charge is 0.509 e. The molecule has 0 saturated carbocycles. The van der Waals surface area contributed by atoms with Gasteiger partial charge in [-0.1, -0.05) is 219 Å². The van der Waals surface area contributed by atoms with Gasteiger partial charge in [0.1, 0.15) is 5.82 Å². The molecule has 1 aliphatic heterocycles. The van der Waals surface area contributed by atoms with Crippen LogP contribution in [0.2, 0.25) is 0 Å². The van der Waals surface area contributed by atoms with Crippen molar-refractivity contribution in [1.29, 1.82) is 0 Å². The third-order valence-electron chi connectivity index (χ3n) is 17.7. The van der Waals surface area contributed by atoms with Crippen LogP contribution in [0.1, 0.15) is 48.6 Å². The quantitative estimate of drug-likeness (QED) is 0.161. The molecule has 2 aliphatic carbocycles. The SMILES string of the molecule is CC(C)(C)c1ccnc(-n2c3[c-]c(Oc4[c-]c(N5[CH-]n6c7ccccc7c7ccccc7c7c(-c8ccc9c(c8)C8(c%10ccccc%10-c%10ccccc%108)c8ccccc8-9)cccc7c7cccc5c76)ccc4)ccc3c3ccccc32)c1.[Pt]. The van der Waals surface area contributed by atoms with Gasteiger partial charge < -0.3 is 18.8 Å². The predicted octanol–water partition coefficient (Wildman–Crippen LogP) is 19.5. The van der Waals surface area contributed by atoms with E-state index in [-0.39, 0.29) is 26.5 Å². The number of nitrogens with zero attached hydrogens (tertiary/aromatic N) is 4. The number of rotatable bonds is 5. The molecule has 0 amide bonds. The van der Waals surface area contributed by atoms with Crippen LogP contribution in [0.15, 0.2) is 249 Å². The van der Waals surface area contributed by atoms with Gasteiger partial charge in [-0.05, 0) is 147 Å². The first-order chi connectivity index (χ1) is 40.3. The molecule has 0 saturated heterocycles. The number of hydrogen-bond donors (Lipinski definition) is 0. The maximum atomic E-state index is 6.79. The van der Waals surface area contributed by atoms with Gasteiger partial charge in [0.2, 0.25) is 0 Å². The smallest absolute Gasteiger partial charge is 0.135 e. The van der Waals surface area contributed by atoms with Crippen LogP contribution in [-0.2, 0) is 31.9 Å². The van der Waals surface area contributed by atoms with Crippen molar-refractivity contribution in [3.63, 3.8) is 0 Å². The summed E-state index contributed by atoms with van der Waals surface area (Å²) in [6, 6.07) is 96.4. The minimum Gasteiger partial charge on any atom is -0.509 e. The van der Waals surface area contributed by atoms with Gasteiger partial charge in [0.15, 0.2) is 0 Å². The Bertz CT molecular complexity index is 5070. The van der Waals surface area contributed by atoms with E-state index in [1.165, 1.54) is 77.4 Å². The molecule has 0 radical (unpaired) electrons. The number of aromatic nitrogens is 3. The second-order valence-corrected chi connectivity index (χ2v) is 23.1. The zero-order valence-electron chi connectivity index (χ0n) is 45.8. The van der Waals surface area contributed by atoms with E-state index >= 15 is 0 Å². The van der Waals surface area contributed by atoms with Crippen molar-refractivity contribution in [1.82, 2.24) is 14.1 Å². The second-order valence-electron chi connectivity index (χ2n) is 23.1. The molecule has 0 N–H and O–H groups in total. The van der Waals surface area contributed by atoms with Crippen molar-refractivity contribution in [3.8, 4) is 50.7 Å². The van der Waals surface area contributed by atoms with Crippen LogP contribution in [0.25, 0.3) is 104 Å². The van der Waals surface area contributed by atoms with E-state index in [0.29, 0.717) is 11.5 Å². The molecule has 1 spiro atoms. The van der Waals surface area contributed by atoms with Crippen LogP contribution in [0, 0.1) is 18.8 Å². The van der Waals surface area contributed by atoms with Gasteiger partial charge in [-0.3, -0.25) is 0 Å². The van der Waals surface area contributed by atoms with Crippen molar-refractivity contribution in [2.75, 3.05) is 4.90 Å². The zero-order chi connectivity index (χ0) is 54.4. The van der Waals surface area contributed by atoms with Gasteiger partial charge in [-0.25, -0.2) is 4.98 Å². The average molecular weight is 1240 g/mol. The van der Waals surface area contributed by atoms with Gasteiger partial charge in [0.25, 0.3) is 0 Å². The van der Waals surface area contributed by atoms with Crippen LogP contribution in [-0.4, -0.2) is 14.1 Å². The van der Waals surface area contributed by atoms with E-state index < -0.39 is 5.41 Å².